The molecule has 142 valence electrons. The van der Waals surface area contributed by atoms with Gasteiger partial charge in [0.15, 0.2) is 5.76 Å². The molecule has 3 aromatic rings. The summed E-state index contributed by atoms with van der Waals surface area (Å²) in [6, 6.07) is 13.7. The highest BCUT2D eigenvalue weighted by Gasteiger charge is 2.20. The van der Waals surface area contributed by atoms with Crippen molar-refractivity contribution in [3.05, 3.63) is 60.3 Å². The molecule has 0 unspecified atom stereocenters. The third kappa shape index (κ3) is 4.47. The van der Waals surface area contributed by atoms with Crippen molar-refractivity contribution in [2.45, 2.75) is 18.4 Å². The summed E-state index contributed by atoms with van der Waals surface area (Å²) in [4.78, 5) is 0.0548. The quantitative estimate of drug-likeness (QED) is 0.637. The lowest BCUT2D eigenvalue weighted by Crippen LogP contribution is -2.23. The van der Waals surface area contributed by atoms with Crippen molar-refractivity contribution >= 4 is 10.0 Å². The van der Waals surface area contributed by atoms with E-state index in [-0.39, 0.29) is 17.2 Å². The maximum atomic E-state index is 12.7. The standard InChI is InChI=1S/C19H20N2O5S/c1-3-25-16-7-4-14(5-8-16)13-21-27(22,23)19-9-6-15(12-18(19)24-2)17-10-11-20-26-17/h4-12,21H,3,13H2,1-2H3. The van der Waals surface area contributed by atoms with Crippen LogP contribution in [-0.4, -0.2) is 27.3 Å². The van der Waals surface area contributed by atoms with Gasteiger partial charge in [-0.05, 0) is 42.8 Å². The van der Waals surface area contributed by atoms with Gasteiger partial charge >= 0.3 is 0 Å². The Balaban J connectivity index is 1.77. The molecule has 0 radical (unpaired) electrons. The van der Waals surface area contributed by atoms with Crippen LogP contribution in [0.4, 0.5) is 0 Å². The number of benzene rings is 2. The average Bonchev–Trinajstić information content (AvgIpc) is 3.22. The molecule has 7 nitrogen and oxygen atoms in total. The second kappa shape index (κ2) is 8.24. The third-order valence-corrected chi connectivity index (χ3v) is 5.32. The topological polar surface area (TPSA) is 90.7 Å². The van der Waals surface area contributed by atoms with Crippen molar-refractivity contribution in [3.8, 4) is 22.8 Å². The molecule has 0 aliphatic heterocycles. The van der Waals surface area contributed by atoms with Crippen LogP contribution in [0, 0.1) is 0 Å². The number of nitrogens with one attached hydrogen (secondary N) is 1. The molecule has 0 atom stereocenters. The molecule has 1 aromatic heterocycles. The second-order valence-electron chi connectivity index (χ2n) is 5.64. The molecular formula is C19H20N2O5S. The SMILES string of the molecule is CCOc1ccc(CNS(=O)(=O)c2ccc(-c3ccno3)cc2OC)cc1. The van der Waals surface area contributed by atoms with E-state index in [1.54, 1.807) is 30.3 Å². The normalized spacial score (nSPS) is 11.3. The molecule has 2 aromatic carbocycles. The zero-order valence-corrected chi connectivity index (χ0v) is 15.8. The summed E-state index contributed by atoms with van der Waals surface area (Å²) >= 11 is 0. The zero-order chi connectivity index (χ0) is 19.3. The van der Waals surface area contributed by atoms with Gasteiger partial charge in [-0.3, -0.25) is 0 Å². The predicted octanol–water partition coefficient (Wildman–Crippen LogP) is 3.23. The summed E-state index contributed by atoms with van der Waals surface area (Å²) in [7, 11) is -2.34. The van der Waals surface area contributed by atoms with Crippen molar-refractivity contribution in [2.75, 3.05) is 13.7 Å². The molecule has 0 saturated carbocycles. The largest absolute Gasteiger partial charge is 0.495 e. The zero-order valence-electron chi connectivity index (χ0n) is 15.0. The van der Waals surface area contributed by atoms with Gasteiger partial charge in [0.2, 0.25) is 10.0 Å². The van der Waals surface area contributed by atoms with Crippen molar-refractivity contribution in [1.29, 1.82) is 0 Å². The average molecular weight is 388 g/mol. The van der Waals surface area contributed by atoms with E-state index < -0.39 is 10.0 Å². The van der Waals surface area contributed by atoms with Gasteiger partial charge < -0.3 is 14.0 Å². The van der Waals surface area contributed by atoms with E-state index in [9.17, 15) is 8.42 Å². The number of aromatic nitrogens is 1. The molecule has 0 amide bonds. The number of hydrogen-bond donors (Lipinski definition) is 1. The van der Waals surface area contributed by atoms with E-state index in [0.29, 0.717) is 17.9 Å². The van der Waals surface area contributed by atoms with Gasteiger partial charge in [0, 0.05) is 18.2 Å². The van der Waals surface area contributed by atoms with E-state index in [2.05, 4.69) is 9.88 Å². The molecule has 0 aliphatic carbocycles. The lowest BCUT2D eigenvalue weighted by molar-refractivity contribution is 0.340. The van der Waals surface area contributed by atoms with Crippen LogP contribution in [0.15, 0.2) is 64.1 Å². The number of methoxy groups -OCH3 is 1. The Hall–Kier alpha value is -2.84. The Bertz CT molecular complexity index is 983. The molecular weight excluding hydrogens is 368 g/mol. The number of sulfonamides is 1. The molecule has 0 bridgehead atoms. The van der Waals surface area contributed by atoms with Crippen molar-refractivity contribution in [1.82, 2.24) is 9.88 Å². The minimum atomic E-state index is -3.76. The molecule has 3 rings (SSSR count). The van der Waals surface area contributed by atoms with Crippen LogP contribution in [0.2, 0.25) is 0 Å². The van der Waals surface area contributed by atoms with Gasteiger partial charge in [0.25, 0.3) is 0 Å². The first-order valence-corrected chi connectivity index (χ1v) is 9.82. The lowest BCUT2D eigenvalue weighted by atomic mass is 10.1. The summed E-state index contributed by atoms with van der Waals surface area (Å²) in [5.74, 6) is 1.50. The minimum Gasteiger partial charge on any atom is -0.495 e. The minimum absolute atomic E-state index is 0.0548. The first kappa shape index (κ1) is 18.9. The Morgan fingerprint density at radius 3 is 2.52 bits per heavy atom. The van der Waals surface area contributed by atoms with Gasteiger partial charge in [-0.2, -0.15) is 0 Å². The molecule has 8 heteroatoms. The third-order valence-electron chi connectivity index (χ3n) is 3.88. The van der Waals surface area contributed by atoms with E-state index in [0.717, 1.165) is 11.3 Å². The number of ether oxygens (including phenoxy) is 2. The fourth-order valence-electron chi connectivity index (χ4n) is 2.53. The summed E-state index contributed by atoms with van der Waals surface area (Å²) in [6.07, 6.45) is 1.52. The molecule has 0 saturated heterocycles. The highest BCUT2D eigenvalue weighted by atomic mass is 32.2. The van der Waals surface area contributed by atoms with Gasteiger partial charge in [-0.25, -0.2) is 13.1 Å². The van der Waals surface area contributed by atoms with E-state index >= 15 is 0 Å². The van der Waals surface area contributed by atoms with Crippen LogP contribution in [-0.2, 0) is 16.6 Å². The number of rotatable bonds is 8. The van der Waals surface area contributed by atoms with E-state index in [1.165, 1.54) is 19.4 Å². The molecule has 0 aliphatic rings. The van der Waals surface area contributed by atoms with Gasteiger partial charge in [0.05, 0.1) is 19.9 Å². The second-order valence-corrected chi connectivity index (χ2v) is 7.38. The maximum Gasteiger partial charge on any atom is 0.244 e. The highest BCUT2D eigenvalue weighted by Crippen LogP contribution is 2.30. The number of nitrogens with zero attached hydrogens (tertiary/aromatic N) is 1. The van der Waals surface area contributed by atoms with Crippen LogP contribution in [0.5, 0.6) is 11.5 Å². The molecule has 0 spiro atoms. The van der Waals surface area contributed by atoms with Crippen LogP contribution in [0.1, 0.15) is 12.5 Å². The van der Waals surface area contributed by atoms with Gasteiger partial charge in [-0.1, -0.05) is 17.3 Å². The molecule has 27 heavy (non-hydrogen) atoms. The lowest BCUT2D eigenvalue weighted by Gasteiger charge is -2.12. The first-order valence-electron chi connectivity index (χ1n) is 8.34. The summed E-state index contributed by atoms with van der Waals surface area (Å²) in [6.45, 7) is 2.64. The number of hydrogen-bond acceptors (Lipinski definition) is 6. The Morgan fingerprint density at radius 2 is 1.89 bits per heavy atom. The van der Waals surface area contributed by atoms with Crippen LogP contribution in [0.25, 0.3) is 11.3 Å². The summed E-state index contributed by atoms with van der Waals surface area (Å²) in [5, 5.41) is 3.65. The summed E-state index contributed by atoms with van der Waals surface area (Å²) in [5.41, 5.74) is 1.49. The summed E-state index contributed by atoms with van der Waals surface area (Å²) < 4.78 is 43.7. The predicted molar refractivity (Wildman–Crippen MR) is 100 cm³/mol. The van der Waals surface area contributed by atoms with Crippen LogP contribution < -0.4 is 14.2 Å². The molecule has 0 fully saturated rings. The Kier molecular flexibility index (Phi) is 5.78. The molecule has 1 heterocycles. The maximum absolute atomic E-state index is 12.7. The molecule has 1 N–H and O–H groups in total. The highest BCUT2D eigenvalue weighted by molar-refractivity contribution is 7.89. The Labute approximate surface area is 158 Å². The van der Waals surface area contributed by atoms with Crippen molar-refractivity contribution in [3.63, 3.8) is 0 Å². The van der Waals surface area contributed by atoms with E-state index in [4.69, 9.17) is 14.0 Å². The fourth-order valence-corrected chi connectivity index (χ4v) is 3.70. The Morgan fingerprint density at radius 1 is 1.11 bits per heavy atom. The first-order chi connectivity index (χ1) is 13.0. The van der Waals surface area contributed by atoms with Crippen molar-refractivity contribution < 1.29 is 22.4 Å². The van der Waals surface area contributed by atoms with Crippen molar-refractivity contribution in [2.24, 2.45) is 0 Å². The van der Waals surface area contributed by atoms with E-state index in [1.807, 2.05) is 19.1 Å². The smallest absolute Gasteiger partial charge is 0.244 e. The van der Waals surface area contributed by atoms with Gasteiger partial charge in [-0.15, -0.1) is 0 Å². The van der Waals surface area contributed by atoms with Crippen LogP contribution >= 0.6 is 0 Å². The van der Waals surface area contributed by atoms with Gasteiger partial charge in [0.1, 0.15) is 16.4 Å². The fraction of sp³-hybridized carbons (Fsp3) is 0.211. The monoisotopic (exact) mass is 388 g/mol. The van der Waals surface area contributed by atoms with Crippen LogP contribution in [0.3, 0.4) is 0 Å².